The Hall–Kier alpha value is -3.29. The fourth-order valence-electron chi connectivity index (χ4n) is 3.16. The van der Waals surface area contributed by atoms with Crippen molar-refractivity contribution in [1.82, 2.24) is 0 Å². The molecule has 0 saturated carbocycles. The van der Waals surface area contributed by atoms with Gasteiger partial charge in [-0.3, -0.25) is 4.79 Å². The van der Waals surface area contributed by atoms with Gasteiger partial charge in [-0.05, 0) is 41.8 Å². The third kappa shape index (κ3) is 4.79. The lowest BCUT2D eigenvalue weighted by atomic mass is 10.1. The number of likely N-dealkylation sites (N-methyl/N-ethyl adjacent to an activating group) is 1. The summed E-state index contributed by atoms with van der Waals surface area (Å²) >= 11 is 12.4. The highest BCUT2D eigenvalue weighted by Crippen LogP contribution is 2.36. The number of rotatable bonds is 6. The molecule has 0 heterocycles. The van der Waals surface area contributed by atoms with Crippen LogP contribution in [0.4, 0.5) is 5.69 Å². The lowest BCUT2D eigenvalue weighted by molar-refractivity contribution is -0.120. The summed E-state index contributed by atoms with van der Waals surface area (Å²) in [6, 6.07) is 12.7. The Bertz CT molecular complexity index is 1210. The van der Waals surface area contributed by atoms with Crippen LogP contribution in [0, 0.1) is 0 Å². The van der Waals surface area contributed by atoms with Gasteiger partial charge >= 0.3 is 11.9 Å². The van der Waals surface area contributed by atoms with E-state index in [0.29, 0.717) is 26.5 Å². The number of esters is 2. The molecule has 0 radical (unpaired) electrons. The van der Waals surface area contributed by atoms with Crippen LogP contribution in [-0.4, -0.2) is 45.7 Å². The van der Waals surface area contributed by atoms with Crippen molar-refractivity contribution in [3.05, 3.63) is 69.7 Å². The molecule has 0 N–H and O–H groups in total. The first-order valence-electron chi connectivity index (χ1n) is 9.34. The van der Waals surface area contributed by atoms with Crippen LogP contribution in [0.3, 0.4) is 0 Å². The van der Waals surface area contributed by atoms with Gasteiger partial charge in [-0.15, -0.1) is 0 Å². The third-order valence-electron chi connectivity index (χ3n) is 4.75. The molecule has 3 aromatic carbocycles. The summed E-state index contributed by atoms with van der Waals surface area (Å²) in [5.74, 6) is -1.37. The molecule has 32 heavy (non-hydrogen) atoms. The van der Waals surface area contributed by atoms with Crippen molar-refractivity contribution in [2.75, 3.05) is 32.8 Å². The zero-order valence-electron chi connectivity index (χ0n) is 17.5. The maximum absolute atomic E-state index is 12.8. The Kier molecular flexibility index (Phi) is 7.22. The van der Waals surface area contributed by atoms with Crippen LogP contribution in [0.1, 0.15) is 20.7 Å². The van der Waals surface area contributed by atoms with E-state index in [0.717, 1.165) is 0 Å². The lowest BCUT2D eigenvalue weighted by Gasteiger charge is -2.20. The lowest BCUT2D eigenvalue weighted by Crippen LogP contribution is -2.32. The van der Waals surface area contributed by atoms with Crippen molar-refractivity contribution in [1.29, 1.82) is 0 Å². The molecule has 3 aromatic rings. The normalized spacial score (nSPS) is 10.5. The first kappa shape index (κ1) is 23.4. The molecule has 7 nitrogen and oxygen atoms in total. The van der Waals surface area contributed by atoms with Gasteiger partial charge in [0.25, 0.3) is 5.91 Å². The molecule has 0 bridgehead atoms. The predicted molar refractivity (Wildman–Crippen MR) is 122 cm³/mol. The fourth-order valence-corrected chi connectivity index (χ4v) is 3.76. The Morgan fingerprint density at radius 1 is 0.938 bits per heavy atom. The SMILES string of the molecule is COC(=O)c1cc(OCC(=O)N(C)c2ccccc2C(=O)OC)c2c(Cl)cc(Cl)cc2c1. The number of ether oxygens (including phenoxy) is 3. The number of fused-ring (bicyclic) bond motifs is 1. The van der Waals surface area contributed by atoms with Crippen molar-refractivity contribution in [3.8, 4) is 5.75 Å². The summed E-state index contributed by atoms with van der Waals surface area (Å²) < 4.78 is 15.3. The van der Waals surface area contributed by atoms with E-state index >= 15 is 0 Å². The first-order valence-corrected chi connectivity index (χ1v) is 10.1. The molecule has 166 valence electrons. The molecule has 0 aliphatic heterocycles. The largest absolute Gasteiger partial charge is 0.483 e. The minimum Gasteiger partial charge on any atom is -0.483 e. The second-order valence-electron chi connectivity index (χ2n) is 6.70. The number of hydrogen-bond donors (Lipinski definition) is 0. The van der Waals surface area contributed by atoms with Crippen LogP contribution in [-0.2, 0) is 14.3 Å². The number of para-hydroxylation sites is 1. The number of methoxy groups -OCH3 is 2. The fraction of sp³-hybridized carbons (Fsp3) is 0.174. The minimum atomic E-state index is -0.580. The van der Waals surface area contributed by atoms with Crippen molar-refractivity contribution >= 4 is 57.5 Å². The molecule has 0 aliphatic carbocycles. The Balaban J connectivity index is 1.93. The van der Waals surface area contributed by atoms with Crippen LogP contribution in [0.2, 0.25) is 10.0 Å². The van der Waals surface area contributed by atoms with Crippen molar-refractivity contribution in [2.24, 2.45) is 0 Å². The zero-order chi connectivity index (χ0) is 23.4. The second-order valence-corrected chi connectivity index (χ2v) is 7.55. The van der Waals surface area contributed by atoms with E-state index in [9.17, 15) is 14.4 Å². The Morgan fingerprint density at radius 2 is 1.62 bits per heavy atom. The van der Waals surface area contributed by atoms with Gasteiger partial charge < -0.3 is 19.1 Å². The molecule has 0 atom stereocenters. The summed E-state index contributed by atoms with van der Waals surface area (Å²) in [6.07, 6.45) is 0. The van der Waals surface area contributed by atoms with Gasteiger partial charge in [-0.25, -0.2) is 9.59 Å². The molecule has 0 spiro atoms. The Labute approximate surface area is 194 Å². The molecule has 0 unspecified atom stereocenters. The van der Waals surface area contributed by atoms with E-state index in [4.69, 9.17) is 37.4 Å². The molecular weight excluding hydrogens is 457 g/mol. The van der Waals surface area contributed by atoms with Gasteiger partial charge in [-0.1, -0.05) is 35.3 Å². The van der Waals surface area contributed by atoms with Crippen LogP contribution in [0.15, 0.2) is 48.5 Å². The van der Waals surface area contributed by atoms with E-state index in [-0.39, 0.29) is 23.5 Å². The minimum absolute atomic E-state index is 0.213. The standard InChI is InChI=1S/C23H19Cl2NO6/c1-26(18-7-5-4-6-16(18)23(29)31-3)20(27)12-32-19-10-14(22(28)30-2)8-13-9-15(24)11-17(25)21(13)19/h4-11H,12H2,1-3H3. The number of anilines is 1. The van der Waals surface area contributed by atoms with Crippen LogP contribution >= 0.6 is 23.2 Å². The number of carbonyl (C=O) groups excluding carboxylic acids is 3. The average Bonchev–Trinajstić information content (AvgIpc) is 2.80. The van der Waals surface area contributed by atoms with Crippen LogP contribution < -0.4 is 9.64 Å². The van der Waals surface area contributed by atoms with Gasteiger partial charge in [-0.2, -0.15) is 0 Å². The number of nitrogens with zero attached hydrogens (tertiary/aromatic N) is 1. The van der Waals surface area contributed by atoms with Crippen LogP contribution in [0.25, 0.3) is 10.8 Å². The van der Waals surface area contributed by atoms with E-state index in [1.54, 1.807) is 36.4 Å². The number of hydrogen-bond acceptors (Lipinski definition) is 6. The predicted octanol–water partition coefficient (Wildman–Crippen LogP) is 4.76. The van der Waals surface area contributed by atoms with Crippen LogP contribution in [0.5, 0.6) is 5.75 Å². The molecule has 0 aromatic heterocycles. The highest BCUT2D eigenvalue weighted by atomic mass is 35.5. The molecule has 1 amide bonds. The first-order chi connectivity index (χ1) is 15.3. The molecule has 9 heteroatoms. The summed E-state index contributed by atoms with van der Waals surface area (Å²) in [7, 11) is 4.04. The monoisotopic (exact) mass is 475 g/mol. The number of carbonyl (C=O) groups is 3. The van der Waals surface area contributed by atoms with Crippen molar-refractivity contribution < 1.29 is 28.6 Å². The van der Waals surface area contributed by atoms with Crippen molar-refractivity contribution in [3.63, 3.8) is 0 Å². The van der Waals surface area contributed by atoms with Gasteiger partial charge in [0.1, 0.15) is 5.75 Å². The van der Waals surface area contributed by atoms with Gasteiger partial charge in [0, 0.05) is 17.5 Å². The van der Waals surface area contributed by atoms with E-state index in [2.05, 4.69) is 0 Å². The smallest absolute Gasteiger partial charge is 0.339 e. The topological polar surface area (TPSA) is 82.1 Å². The van der Waals surface area contributed by atoms with E-state index < -0.39 is 17.8 Å². The molecule has 0 saturated heterocycles. The maximum Gasteiger partial charge on any atom is 0.339 e. The Morgan fingerprint density at radius 3 is 2.31 bits per heavy atom. The quantitative estimate of drug-likeness (QED) is 0.477. The number of amides is 1. The van der Waals surface area contributed by atoms with Gasteiger partial charge in [0.05, 0.1) is 36.1 Å². The van der Waals surface area contributed by atoms with E-state index in [1.165, 1.54) is 38.3 Å². The highest BCUT2D eigenvalue weighted by Gasteiger charge is 2.21. The van der Waals surface area contributed by atoms with E-state index in [1.807, 2.05) is 0 Å². The summed E-state index contributed by atoms with van der Waals surface area (Å²) in [5, 5.41) is 1.73. The van der Waals surface area contributed by atoms with Gasteiger partial charge in [0.15, 0.2) is 6.61 Å². The van der Waals surface area contributed by atoms with Crippen molar-refractivity contribution in [2.45, 2.75) is 0 Å². The molecular formula is C23H19Cl2NO6. The molecule has 3 rings (SSSR count). The number of halogens is 2. The maximum atomic E-state index is 12.8. The third-order valence-corrected chi connectivity index (χ3v) is 5.26. The second kappa shape index (κ2) is 9.89. The molecule has 0 aliphatic rings. The zero-order valence-corrected chi connectivity index (χ0v) is 19.0. The summed E-state index contributed by atoms with van der Waals surface area (Å²) in [4.78, 5) is 38.2. The van der Waals surface area contributed by atoms with Gasteiger partial charge in [0.2, 0.25) is 0 Å². The molecule has 0 fully saturated rings. The summed E-state index contributed by atoms with van der Waals surface area (Å²) in [5.41, 5.74) is 0.817. The summed E-state index contributed by atoms with van der Waals surface area (Å²) in [6.45, 7) is -0.384. The highest BCUT2D eigenvalue weighted by molar-refractivity contribution is 6.39. The number of benzene rings is 3. The average molecular weight is 476 g/mol.